The van der Waals surface area contributed by atoms with Crippen LogP contribution < -0.4 is 4.74 Å². The molecule has 8 heteroatoms. The van der Waals surface area contributed by atoms with Gasteiger partial charge in [0.05, 0.1) is 6.61 Å². The van der Waals surface area contributed by atoms with Crippen LogP contribution in [-0.2, 0) is 4.79 Å². The van der Waals surface area contributed by atoms with Crippen molar-refractivity contribution in [3.05, 3.63) is 18.3 Å². The van der Waals surface area contributed by atoms with Gasteiger partial charge in [-0.25, -0.2) is 9.37 Å². The molecule has 34 heavy (non-hydrogen) atoms. The van der Waals surface area contributed by atoms with Gasteiger partial charge >= 0.3 is 0 Å². The second kappa shape index (κ2) is 10.2. The Morgan fingerprint density at radius 2 is 1.85 bits per heavy atom. The maximum Gasteiger partial charge on any atom is 0.298 e. The van der Waals surface area contributed by atoms with E-state index in [1.165, 1.54) is 32.1 Å². The number of piperidine rings is 2. The molecule has 0 bridgehead atoms. The third-order valence-electron chi connectivity index (χ3n) is 8.08. The highest BCUT2D eigenvalue weighted by Gasteiger charge is 2.45. The van der Waals surface area contributed by atoms with Crippen molar-refractivity contribution >= 4 is 17.1 Å². The predicted octanol–water partition coefficient (Wildman–Crippen LogP) is 4.38. The van der Waals surface area contributed by atoms with E-state index in [2.05, 4.69) is 19.4 Å². The zero-order chi connectivity index (χ0) is 23.5. The Kier molecular flexibility index (Phi) is 7.04. The van der Waals surface area contributed by atoms with Gasteiger partial charge in [-0.2, -0.15) is 4.98 Å². The van der Waals surface area contributed by atoms with Crippen LogP contribution in [0.4, 0.5) is 4.39 Å². The predicted molar refractivity (Wildman–Crippen MR) is 130 cm³/mol. The Labute approximate surface area is 201 Å². The summed E-state index contributed by atoms with van der Waals surface area (Å²) in [7, 11) is 0. The molecule has 0 atom stereocenters. The maximum absolute atomic E-state index is 15.8. The van der Waals surface area contributed by atoms with Gasteiger partial charge in [-0.1, -0.05) is 19.3 Å². The van der Waals surface area contributed by atoms with Crippen LogP contribution >= 0.6 is 0 Å². The lowest BCUT2D eigenvalue weighted by Gasteiger charge is -2.41. The molecule has 186 valence electrons. The molecule has 0 unspecified atom stereocenters. The number of carbonyl (C=O) groups excluding carboxylic acids is 1. The minimum atomic E-state index is -1.71. The van der Waals surface area contributed by atoms with Gasteiger partial charge < -0.3 is 14.5 Å². The number of aromatic nitrogens is 3. The van der Waals surface area contributed by atoms with Gasteiger partial charge in [0.2, 0.25) is 0 Å². The largest absolute Gasteiger partial charge is 0.465 e. The van der Waals surface area contributed by atoms with Crippen molar-refractivity contribution in [2.75, 3.05) is 39.3 Å². The lowest BCUT2D eigenvalue weighted by atomic mass is 9.86. The zero-order valence-electron chi connectivity index (χ0n) is 20.4. The summed E-state index contributed by atoms with van der Waals surface area (Å²) in [5.41, 5.74) is -0.0921. The minimum Gasteiger partial charge on any atom is -0.465 e. The topological polar surface area (TPSA) is 63.5 Å². The van der Waals surface area contributed by atoms with Crippen LogP contribution in [0.15, 0.2) is 18.3 Å². The van der Waals surface area contributed by atoms with Crippen LogP contribution in [0.3, 0.4) is 0 Å². The molecule has 1 amide bonds. The molecule has 0 spiro atoms. The van der Waals surface area contributed by atoms with Crippen LogP contribution in [0.2, 0.25) is 0 Å². The zero-order valence-corrected chi connectivity index (χ0v) is 20.4. The Morgan fingerprint density at radius 3 is 2.56 bits per heavy atom. The summed E-state index contributed by atoms with van der Waals surface area (Å²) in [6.45, 7) is 6.05. The van der Waals surface area contributed by atoms with Gasteiger partial charge in [-0.05, 0) is 50.7 Å². The van der Waals surface area contributed by atoms with E-state index in [9.17, 15) is 4.79 Å². The number of hydrogen-bond donors (Lipinski definition) is 0. The van der Waals surface area contributed by atoms with Crippen LogP contribution in [-0.4, -0.2) is 75.2 Å². The Balaban J connectivity index is 1.18. The van der Waals surface area contributed by atoms with E-state index < -0.39 is 5.67 Å². The number of imidazole rings is 1. The number of fused-ring (bicyclic) bond motifs is 1. The standard InChI is InChI=1S/C26H38FN5O2/c1-2-34-25-29-22-9-6-14-28-23(22)32(25)21-10-15-31(16-11-21)24(33)26(27)12-17-30(18-13-26)19-20-7-4-3-5-8-20/h6,9,14,20-21H,2-5,7-8,10-13,15-19H2,1H3. The monoisotopic (exact) mass is 471 g/mol. The lowest BCUT2D eigenvalue weighted by molar-refractivity contribution is -0.149. The third-order valence-corrected chi connectivity index (χ3v) is 8.08. The molecule has 3 fully saturated rings. The maximum atomic E-state index is 15.8. The summed E-state index contributed by atoms with van der Waals surface area (Å²) in [6, 6.07) is 4.53. The number of nitrogens with zero attached hydrogens (tertiary/aromatic N) is 5. The molecule has 0 aromatic carbocycles. The summed E-state index contributed by atoms with van der Waals surface area (Å²) in [6.07, 6.45) is 10.5. The van der Waals surface area contributed by atoms with Crippen LogP contribution in [0.5, 0.6) is 6.01 Å². The molecule has 3 aliphatic rings. The first kappa shape index (κ1) is 23.5. The number of likely N-dealkylation sites (tertiary alicyclic amines) is 2. The normalized spacial score (nSPS) is 22.8. The lowest BCUT2D eigenvalue weighted by Crippen LogP contribution is -2.54. The van der Waals surface area contributed by atoms with Gasteiger partial charge in [0.25, 0.3) is 11.9 Å². The first-order chi connectivity index (χ1) is 16.6. The smallest absolute Gasteiger partial charge is 0.298 e. The quantitative estimate of drug-likeness (QED) is 0.626. The Bertz CT molecular complexity index is 973. The molecule has 1 saturated carbocycles. The number of carbonyl (C=O) groups is 1. The summed E-state index contributed by atoms with van der Waals surface area (Å²) in [4.78, 5) is 26.5. The molecule has 2 aromatic heterocycles. The fourth-order valence-electron chi connectivity index (χ4n) is 6.12. The van der Waals surface area contributed by atoms with Crippen molar-refractivity contribution < 1.29 is 13.9 Å². The Hall–Kier alpha value is -2.22. The second-order valence-electron chi connectivity index (χ2n) is 10.3. The molecule has 7 nitrogen and oxygen atoms in total. The van der Waals surface area contributed by atoms with E-state index >= 15 is 4.39 Å². The highest BCUT2D eigenvalue weighted by atomic mass is 19.1. The van der Waals surface area contributed by atoms with Crippen molar-refractivity contribution in [1.82, 2.24) is 24.3 Å². The van der Waals surface area contributed by atoms with Crippen LogP contribution in [0, 0.1) is 5.92 Å². The highest BCUT2D eigenvalue weighted by Crippen LogP contribution is 2.35. The molecular formula is C26H38FN5O2. The van der Waals surface area contributed by atoms with E-state index in [1.807, 2.05) is 19.1 Å². The SMILES string of the molecule is CCOc1nc2cccnc2n1C1CCN(C(=O)C2(F)CCN(CC3CCCCC3)CC2)CC1. The van der Waals surface area contributed by atoms with Crippen molar-refractivity contribution in [1.29, 1.82) is 0 Å². The van der Waals surface area contributed by atoms with Crippen molar-refractivity contribution in [2.24, 2.45) is 5.92 Å². The summed E-state index contributed by atoms with van der Waals surface area (Å²) < 4.78 is 23.6. The van der Waals surface area contributed by atoms with Gasteiger partial charge in [0.15, 0.2) is 11.3 Å². The fraction of sp³-hybridized carbons (Fsp3) is 0.731. The van der Waals surface area contributed by atoms with Crippen molar-refractivity contribution in [3.63, 3.8) is 0 Å². The average molecular weight is 472 g/mol. The van der Waals surface area contributed by atoms with Crippen molar-refractivity contribution in [2.45, 2.75) is 76.4 Å². The van der Waals surface area contributed by atoms with E-state index in [0.717, 1.165) is 36.5 Å². The summed E-state index contributed by atoms with van der Waals surface area (Å²) in [5.74, 6) is 0.452. The third kappa shape index (κ3) is 4.79. The van der Waals surface area contributed by atoms with E-state index in [-0.39, 0.29) is 11.9 Å². The van der Waals surface area contributed by atoms with Gasteiger partial charge in [-0.3, -0.25) is 9.36 Å². The second-order valence-corrected chi connectivity index (χ2v) is 10.3. The summed E-state index contributed by atoms with van der Waals surface area (Å²) in [5, 5.41) is 0. The van der Waals surface area contributed by atoms with Crippen LogP contribution in [0.1, 0.15) is 70.8 Å². The first-order valence-electron chi connectivity index (χ1n) is 13.2. The Morgan fingerprint density at radius 1 is 1.12 bits per heavy atom. The van der Waals surface area contributed by atoms with Gasteiger partial charge in [0, 0.05) is 57.8 Å². The molecule has 4 heterocycles. The number of alkyl halides is 1. The molecule has 1 aliphatic carbocycles. The number of ether oxygens (including phenoxy) is 1. The molecule has 2 saturated heterocycles. The molecule has 2 aliphatic heterocycles. The average Bonchev–Trinajstić information content (AvgIpc) is 3.24. The first-order valence-corrected chi connectivity index (χ1v) is 13.2. The fourth-order valence-corrected chi connectivity index (χ4v) is 6.12. The van der Waals surface area contributed by atoms with E-state index in [4.69, 9.17) is 4.74 Å². The number of rotatable bonds is 6. The number of amides is 1. The summed E-state index contributed by atoms with van der Waals surface area (Å²) >= 11 is 0. The molecule has 0 N–H and O–H groups in total. The number of hydrogen-bond acceptors (Lipinski definition) is 5. The minimum absolute atomic E-state index is 0.137. The molecule has 0 radical (unpaired) electrons. The van der Waals surface area contributed by atoms with Crippen LogP contribution in [0.25, 0.3) is 11.2 Å². The highest BCUT2D eigenvalue weighted by molar-refractivity contribution is 5.85. The van der Waals surface area contributed by atoms with Gasteiger partial charge in [0.1, 0.15) is 5.52 Å². The number of pyridine rings is 1. The van der Waals surface area contributed by atoms with Crippen molar-refractivity contribution in [3.8, 4) is 6.01 Å². The van der Waals surface area contributed by atoms with E-state index in [0.29, 0.717) is 51.6 Å². The van der Waals surface area contributed by atoms with Gasteiger partial charge in [-0.15, -0.1) is 0 Å². The molecule has 5 rings (SSSR count). The van der Waals surface area contributed by atoms with E-state index in [1.54, 1.807) is 11.1 Å². The molecule has 2 aromatic rings. The molecular weight excluding hydrogens is 433 g/mol. The number of halogens is 1.